The molecule has 0 spiro atoms. The maximum absolute atomic E-state index is 12.1. The average Bonchev–Trinajstić information content (AvgIpc) is 2.61. The molecule has 2 rings (SSSR count). The van der Waals surface area contributed by atoms with E-state index in [1.807, 2.05) is 45.0 Å². The molecule has 27 heavy (non-hydrogen) atoms. The number of halogens is 1. The molecule has 0 aliphatic rings. The number of ether oxygens (including phenoxy) is 1. The molecule has 0 atom stereocenters. The van der Waals surface area contributed by atoms with E-state index in [9.17, 15) is 9.59 Å². The van der Waals surface area contributed by atoms with Crippen LogP contribution in [-0.2, 0) is 4.79 Å². The molecule has 0 saturated heterocycles. The quantitative estimate of drug-likeness (QED) is 0.493. The van der Waals surface area contributed by atoms with Gasteiger partial charge in [-0.25, -0.2) is 0 Å². The predicted octanol–water partition coefficient (Wildman–Crippen LogP) is 3.09. The van der Waals surface area contributed by atoms with E-state index in [0.717, 1.165) is 21.2 Å². The van der Waals surface area contributed by atoms with Gasteiger partial charge in [-0.2, -0.15) is 0 Å². The van der Waals surface area contributed by atoms with Gasteiger partial charge in [-0.1, -0.05) is 39.7 Å². The maximum atomic E-state index is 12.1. The third-order valence-electron chi connectivity index (χ3n) is 3.67. The topological polar surface area (TPSA) is 79.5 Å². The lowest BCUT2D eigenvalue weighted by molar-refractivity contribution is -0.123. The lowest BCUT2D eigenvalue weighted by Gasteiger charge is -2.12. The first-order valence-corrected chi connectivity index (χ1v) is 9.33. The zero-order valence-corrected chi connectivity index (χ0v) is 17.6. The van der Waals surface area contributed by atoms with Gasteiger partial charge in [0.05, 0.1) is 0 Å². The number of benzene rings is 2. The molecule has 8 heteroatoms. The van der Waals surface area contributed by atoms with Gasteiger partial charge in [-0.15, -0.1) is 0 Å². The molecule has 0 bridgehead atoms. The van der Waals surface area contributed by atoms with Crippen molar-refractivity contribution >= 4 is 45.1 Å². The molecule has 0 aromatic heterocycles. The van der Waals surface area contributed by atoms with Crippen LogP contribution in [0.1, 0.15) is 27.0 Å². The highest BCUT2D eigenvalue weighted by Gasteiger charge is 2.10. The van der Waals surface area contributed by atoms with Crippen LogP contribution in [0.25, 0.3) is 0 Å². The van der Waals surface area contributed by atoms with Crippen molar-refractivity contribution < 1.29 is 14.3 Å². The minimum absolute atomic E-state index is 0.0171. The van der Waals surface area contributed by atoms with Crippen LogP contribution in [0.15, 0.2) is 40.9 Å². The second kappa shape index (κ2) is 9.48. The molecule has 0 unspecified atom stereocenters. The summed E-state index contributed by atoms with van der Waals surface area (Å²) in [4.78, 5) is 24.0. The van der Waals surface area contributed by atoms with Crippen molar-refractivity contribution in [3.63, 3.8) is 0 Å². The number of hydrazine groups is 1. The molecular formula is C19H20BrN3O3S. The summed E-state index contributed by atoms with van der Waals surface area (Å²) in [6.07, 6.45) is 0. The first-order valence-electron chi connectivity index (χ1n) is 8.12. The Balaban J connectivity index is 1.78. The zero-order chi connectivity index (χ0) is 20.0. The van der Waals surface area contributed by atoms with Crippen molar-refractivity contribution in [2.75, 3.05) is 6.61 Å². The molecule has 2 amide bonds. The van der Waals surface area contributed by atoms with Gasteiger partial charge in [-0.05, 0) is 62.3 Å². The van der Waals surface area contributed by atoms with Gasteiger partial charge in [0, 0.05) is 10.0 Å². The summed E-state index contributed by atoms with van der Waals surface area (Å²) >= 11 is 8.39. The van der Waals surface area contributed by atoms with E-state index < -0.39 is 5.91 Å². The van der Waals surface area contributed by atoms with E-state index in [4.69, 9.17) is 17.0 Å². The average molecular weight is 450 g/mol. The second-order valence-corrected chi connectivity index (χ2v) is 7.24. The highest BCUT2D eigenvalue weighted by atomic mass is 79.9. The number of thiocarbonyl (C=S) groups is 1. The fraction of sp³-hybridized carbons (Fsp3) is 0.211. The minimum Gasteiger partial charge on any atom is -0.483 e. The fourth-order valence-electron chi connectivity index (χ4n) is 2.21. The van der Waals surface area contributed by atoms with Crippen molar-refractivity contribution in [1.29, 1.82) is 0 Å². The first-order chi connectivity index (χ1) is 12.8. The Morgan fingerprint density at radius 3 is 2.44 bits per heavy atom. The Morgan fingerprint density at radius 1 is 1.04 bits per heavy atom. The number of amides is 2. The zero-order valence-electron chi connectivity index (χ0n) is 15.2. The Bertz CT molecular complexity index is 886. The summed E-state index contributed by atoms with van der Waals surface area (Å²) in [6, 6.07) is 10.9. The summed E-state index contributed by atoms with van der Waals surface area (Å²) < 4.78 is 6.30. The van der Waals surface area contributed by atoms with E-state index in [-0.39, 0.29) is 17.6 Å². The van der Waals surface area contributed by atoms with E-state index in [0.29, 0.717) is 11.3 Å². The Kier molecular flexibility index (Phi) is 7.32. The van der Waals surface area contributed by atoms with Crippen molar-refractivity contribution in [2.24, 2.45) is 0 Å². The van der Waals surface area contributed by atoms with E-state index >= 15 is 0 Å². The number of rotatable bonds is 4. The van der Waals surface area contributed by atoms with Crippen LogP contribution in [0.4, 0.5) is 0 Å². The largest absolute Gasteiger partial charge is 0.483 e. The summed E-state index contributed by atoms with van der Waals surface area (Å²) in [6.45, 7) is 5.64. The SMILES string of the molecule is Cc1ccc(OCC(=O)NNC(=S)NC(=O)c2ccc(C)c(Br)c2)c(C)c1. The monoisotopic (exact) mass is 449 g/mol. The lowest BCUT2D eigenvalue weighted by Crippen LogP contribution is -2.49. The molecule has 0 aliphatic carbocycles. The molecule has 6 nitrogen and oxygen atoms in total. The number of nitrogens with one attached hydrogen (secondary N) is 3. The first kappa shape index (κ1) is 20.9. The van der Waals surface area contributed by atoms with Gasteiger partial charge < -0.3 is 4.74 Å². The van der Waals surface area contributed by atoms with Crippen LogP contribution < -0.4 is 20.9 Å². The number of carbonyl (C=O) groups excluding carboxylic acids is 2. The van der Waals surface area contributed by atoms with Gasteiger partial charge in [0.1, 0.15) is 5.75 Å². The van der Waals surface area contributed by atoms with Crippen molar-refractivity contribution in [3.05, 3.63) is 63.1 Å². The van der Waals surface area contributed by atoms with Gasteiger partial charge in [0.2, 0.25) is 0 Å². The van der Waals surface area contributed by atoms with Gasteiger partial charge in [0.15, 0.2) is 11.7 Å². The molecule has 0 fully saturated rings. The highest BCUT2D eigenvalue weighted by molar-refractivity contribution is 9.10. The maximum Gasteiger partial charge on any atom is 0.276 e. The molecule has 3 N–H and O–H groups in total. The third-order valence-corrected chi connectivity index (χ3v) is 4.72. The highest BCUT2D eigenvalue weighted by Crippen LogP contribution is 2.18. The summed E-state index contributed by atoms with van der Waals surface area (Å²) in [5.41, 5.74) is 8.39. The minimum atomic E-state index is -0.426. The van der Waals surface area contributed by atoms with Gasteiger partial charge in [-0.3, -0.25) is 25.8 Å². The Morgan fingerprint density at radius 2 is 1.78 bits per heavy atom. The third kappa shape index (κ3) is 6.33. The molecule has 0 radical (unpaired) electrons. The number of carbonyl (C=O) groups is 2. The van der Waals surface area contributed by atoms with E-state index in [2.05, 4.69) is 32.1 Å². The van der Waals surface area contributed by atoms with Gasteiger partial charge in [0.25, 0.3) is 11.8 Å². The van der Waals surface area contributed by atoms with Crippen LogP contribution in [-0.4, -0.2) is 23.5 Å². The molecule has 2 aromatic carbocycles. The van der Waals surface area contributed by atoms with Crippen molar-refractivity contribution in [1.82, 2.24) is 16.2 Å². The van der Waals surface area contributed by atoms with Crippen LogP contribution >= 0.6 is 28.1 Å². The van der Waals surface area contributed by atoms with Crippen LogP contribution in [0, 0.1) is 20.8 Å². The molecule has 142 valence electrons. The molecule has 0 saturated carbocycles. The molecular weight excluding hydrogens is 430 g/mol. The smallest absolute Gasteiger partial charge is 0.276 e. The van der Waals surface area contributed by atoms with Crippen molar-refractivity contribution in [3.8, 4) is 5.75 Å². The standard InChI is InChI=1S/C19H20BrN3O3S/c1-11-4-7-16(13(3)8-11)26-10-17(24)22-23-19(27)21-18(25)14-6-5-12(2)15(20)9-14/h4-9H,10H2,1-3H3,(H,22,24)(H2,21,23,25,27). The van der Waals surface area contributed by atoms with Crippen molar-refractivity contribution in [2.45, 2.75) is 20.8 Å². The predicted molar refractivity (Wildman–Crippen MR) is 112 cm³/mol. The molecule has 0 aliphatic heterocycles. The lowest BCUT2D eigenvalue weighted by atomic mass is 10.1. The number of hydrogen-bond donors (Lipinski definition) is 3. The Hall–Kier alpha value is -2.45. The summed E-state index contributed by atoms with van der Waals surface area (Å²) in [5, 5.41) is 2.48. The molecule has 0 heterocycles. The summed E-state index contributed by atoms with van der Waals surface area (Å²) in [7, 11) is 0. The Labute approximate surface area is 171 Å². The van der Waals surface area contributed by atoms with Gasteiger partial charge >= 0.3 is 0 Å². The van der Waals surface area contributed by atoms with Crippen LogP contribution in [0.5, 0.6) is 5.75 Å². The normalized spacial score (nSPS) is 10.1. The fourth-order valence-corrected chi connectivity index (χ4v) is 2.73. The van der Waals surface area contributed by atoms with Crippen LogP contribution in [0.2, 0.25) is 0 Å². The van der Waals surface area contributed by atoms with E-state index in [1.54, 1.807) is 12.1 Å². The van der Waals surface area contributed by atoms with Crippen LogP contribution in [0.3, 0.4) is 0 Å². The summed E-state index contributed by atoms with van der Waals surface area (Å²) in [5.74, 6) is -0.171. The number of aryl methyl sites for hydroxylation is 3. The van der Waals surface area contributed by atoms with E-state index in [1.165, 1.54) is 0 Å². The number of hydrogen-bond acceptors (Lipinski definition) is 4. The molecule has 2 aromatic rings. The second-order valence-electron chi connectivity index (χ2n) is 5.98.